The van der Waals surface area contributed by atoms with E-state index in [2.05, 4.69) is 25.9 Å². The van der Waals surface area contributed by atoms with Crippen LogP contribution < -0.4 is 10.5 Å². The molecule has 1 aromatic carbocycles. The van der Waals surface area contributed by atoms with E-state index in [1.54, 1.807) is 13.3 Å². The highest BCUT2D eigenvalue weighted by Crippen LogP contribution is 2.31. The lowest BCUT2D eigenvalue weighted by Gasteiger charge is -2.06. The molecule has 5 heteroatoms. The number of H-pyrrole nitrogens is 1. The van der Waals surface area contributed by atoms with Crippen LogP contribution in [0.5, 0.6) is 5.75 Å². The molecule has 0 aliphatic carbocycles. The number of methoxy groups -OCH3 is 1. The van der Waals surface area contributed by atoms with E-state index in [9.17, 15) is 0 Å². The SMILES string of the molecule is COc1ccc(Br)cc1-c1cnc(N)[nH]1. The lowest BCUT2D eigenvalue weighted by Crippen LogP contribution is -1.89. The third-order valence-corrected chi connectivity index (χ3v) is 2.54. The lowest BCUT2D eigenvalue weighted by atomic mass is 10.1. The summed E-state index contributed by atoms with van der Waals surface area (Å²) < 4.78 is 6.23. The second kappa shape index (κ2) is 3.94. The molecule has 1 aromatic heterocycles. The average Bonchev–Trinajstić information content (AvgIpc) is 2.65. The fourth-order valence-corrected chi connectivity index (χ4v) is 1.73. The highest BCUT2D eigenvalue weighted by molar-refractivity contribution is 9.10. The van der Waals surface area contributed by atoms with E-state index in [0.717, 1.165) is 21.5 Å². The fraction of sp³-hybridized carbons (Fsp3) is 0.100. The van der Waals surface area contributed by atoms with Gasteiger partial charge in [-0.25, -0.2) is 4.98 Å². The van der Waals surface area contributed by atoms with Gasteiger partial charge >= 0.3 is 0 Å². The van der Waals surface area contributed by atoms with E-state index in [1.165, 1.54) is 0 Å². The van der Waals surface area contributed by atoms with E-state index in [0.29, 0.717) is 5.95 Å². The normalized spacial score (nSPS) is 10.3. The summed E-state index contributed by atoms with van der Waals surface area (Å²) in [5, 5.41) is 0. The number of hydrogen-bond donors (Lipinski definition) is 2. The van der Waals surface area contributed by atoms with Crippen LogP contribution in [-0.4, -0.2) is 17.1 Å². The summed E-state index contributed by atoms with van der Waals surface area (Å²) in [5.41, 5.74) is 7.29. The van der Waals surface area contributed by atoms with Crippen LogP contribution in [0.15, 0.2) is 28.9 Å². The number of nitrogens with one attached hydrogen (secondary N) is 1. The number of aromatic nitrogens is 2. The van der Waals surface area contributed by atoms with Crippen LogP contribution in [0.3, 0.4) is 0 Å². The van der Waals surface area contributed by atoms with Crippen molar-refractivity contribution in [2.24, 2.45) is 0 Å². The molecule has 0 bridgehead atoms. The van der Waals surface area contributed by atoms with E-state index in [-0.39, 0.29) is 0 Å². The second-order valence-corrected chi connectivity index (χ2v) is 3.94. The number of imidazole rings is 1. The molecule has 3 N–H and O–H groups in total. The van der Waals surface area contributed by atoms with Crippen LogP contribution >= 0.6 is 15.9 Å². The minimum atomic E-state index is 0.395. The van der Waals surface area contributed by atoms with Gasteiger partial charge in [0.1, 0.15) is 5.75 Å². The fourth-order valence-electron chi connectivity index (χ4n) is 1.36. The number of hydrogen-bond acceptors (Lipinski definition) is 3. The molecule has 0 atom stereocenters. The van der Waals surface area contributed by atoms with Gasteiger partial charge in [-0.1, -0.05) is 15.9 Å². The van der Waals surface area contributed by atoms with Gasteiger partial charge in [0.15, 0.2) is 5.95 Å². The first-order valence-electron chi connectivity index (χ1n) is 4.35. The average molecular weight is 268 g/mol. The molecule has 0 radical (unpaired) electrons. The summed E-state index contributed by atoms with van der Waals surface area (Å²) in [6.07, 6.45) is 1.68. The van der Waals surface area contributed by atoms with Gasteiger partial charge < -0.3 is 15.5 Å². The number of anilines is 1. The Bertz CT molecular complexity index is 481. The Balaban J connectivity index is 2.55. The number of nitrogens with zero attached hydrogens (tertiary/aromatic N) is 1. The van der Waals surface area contributed by atoms with Crippen molar-refractivity contribution in [1.29, 1.82) is 0 Å². The van der Waals surface area contributed by atoms with E-state index < -0.39 is 0 Å². The van der Waals surface area contributed by atoms with Gasteiger partial charge in [-0.15, -0.1) is 0 Å². The molecule has 4 nitrogen and oxygen atoms in total. The Morgan fingerprint density at radius 3 is 2.87 bits per heavy atom. The smallest absolute Gasteiger partial charge is 0.197 e. The Morgan fingerprint density at radius 2 is 2.27 bits per heavy atom. The van der Waals surface area contributed by atoms with Crippen LogP contribution in [0.2, 0.25) is 0 Å². The number of rotatable bonds is 2. The van der Waals surface area contributed by atoms with Gasteiger partial charge in [0.05, 0.1) is 19.0 Å². The van der Waals surface area contributed by atoms with Gasteiger partial charge in [-0.3, -0.25) is 0 Å². The molecule has 1 heterocycles. The van der Waals surface area contributed by atoms with Gasteiger partial charge in [-0.2, -0.15) is 0 Å². The Hall–Kier alpha value is -1.49. The van der Waals surface area contributed by atoms with Crippen molar-refractivity contribution in [3.05, 3.63) is 28.9 Å². The van der Waals surface area contributed by atoms with Gasteiger partial charge in [0.2, 0.25) is 0 Å². The topological polar surface area (TPSA) is 63.9 Å². The van der Waals surface area contributed by atoms with Crippen LogP contribution in [-0.2, 0) is 0 Å². The number of nitrogens with two attached hydrogens (primary N) is 1. The van der Waals surface area contributed by atoms with Crippen LogP contribution in [0.1, 0.15) is 0 Å². The minimum Gasteiger partial charge on any atom is -0.496 e. The van der Waals surface area contributed by atoms with E-state index in [4.69, 9.17) is 10.5 Å². The number of ether oxygens (including phenoxy) is 1. The standard InChI is InChI=1S/C10H10BrN3O/c1-15-9-3-2-6(11)4-7(9)8-5-13-10(12)14-8/h2-5H,1H3,(H3,12,13,14). The zero-order chi connectivity index (χ0) is 10.8. The molecule has 2 rings (SSSR count). The zero-order valence-corrected chi connectivity index (χ0v) is 9.71. The Morgan fingerprint density at radius 1 is 1.47 bits per heavy atom. The first kappa shape index (κ1) is 10.0. The lowest BCUT2D eigenvalue weighted by molar-refractivity contribution is 0.416. The monoisotopic (exact) mass is 267 g/mol. The number of halogens is 1. The molecular formula is C10H10BrN3O. The summed E-state index contributed by atoms with van der Waals surface area (Å²) >= 11 is 3.41. The molecule has 2 aromatic rings. The van der Waals surface area contributed by atoms with Crippen molar-refractivity contribution in [2.45, 2.75) is 0 Å². The molecule has 0 unspecified atom stereocenters. The summed E-state index contributed by atoms with van der Waals surface area (Å²) in [5.74, 6) is 1.17. The van der Waals surface area contributed by atoms with Crippen molar-refractivity contribution < 1.29 is 4.74 Å². The molecule has 0 saturated heterocycles. The van der Waals surface area contributed by atoms with Crippen LogP contribution in [0.4, 0.5) is 5.95 Å². The Kier molecular flexibility index (Phi) is 2.64. The maximum Gasteiger partial charge on any atom is 0.197 e. The predicted octanol–water partition coefficient (Wildman–Crippen LogP) is 2.43. The third-order valence-electron chi connectivity index (χ3n) is 2.05. The van der Waals surface area contributed by atoms with Gasteiger partial charge in [-0.05, 0) is 18.2 Å². The molecular weight excluding hydrogens is 258 g/mol. The summed E-state index contributed by atoms with van der Waals surface area (Å²) in [4.78, 5) is 6.91. The maximum absolute atomic E-state index is 5.53. The molecule has 0 spiro atoms. The van der Waals surface area contributed by atoms with Gasteiger partial charge in [0.25, 0.3) is 0 Å². The molecule has 0 saturated carbocycles. The number of nitrogen functional groups attached to an aromatic ring is 1. The summed E-state index contributed by atoms with van der Waals surface area (Å²) in [6, 6.07) is 5.75. The quantitative estimate of drug-likeness (QED) is 0.879. The highest BCUT2D eigenvalue weighted by atomic mass is 79.9. The van der Waals surface area contributed by atoms with Crippen molar-refractivity contribution in [3.8, 4) is 17.0 Å². The number of benzene rings is 1. The molecule has 15 heavy (non-hydrogen) atoms. The minimum absolute atomic E-state index is 0.395. The van der Waals surface area contributed by atoms with Crippen LogP contribution in [0.25, 0.3) is 11.3 Å². The maximum atomic E-state index is 5.53. The molecule has 0 fully saturated rings. The second-order valence-electron chi connectivity index (χ2n) is 3.03. The van der Waals surface area contributed by atoms with E-state index >= 15 is 0 Å². The summed E-state index contributed by atoms with van der Waals surface area (Å²) in [6.45, 7) is 0. The molecule has 0 aliphatic heterocycles. The van der Waals surface area contributed by atoms with Crippen molar-refractivity contribution in [3.63, 3.8) is 0 Å². The van der Waals surface area contributed by atoms with Crippen LogP contribution in [0, 0.1) is 0 Å². The zero-order valence-electron chi connectivity index (χ0n) is 8.12. The molecule has 78 valence electrons. The van der Waals surface area contributed by atoms with Crippen molar-refractivity contribution in [2.75, 3.05) is 12.8 Å². The molecule has 0 amide bonds. The van der Waals surface area contributed by atoms with E-state index in [1.807, 2.05) is 18.2 Å². The Labute approximate surface area is 95.6 Å². The predicted molar refractivity (Wildman–Crippen MR) is 62.7 cm³/mol. The number of aromatic amines is 1. The molecule has 0 aliphatic rings. The largest absolute Gasteiger partial charge is 0.496 e. The first-order chi connectivity index (χ1) is 7.20. The highest BCUT2D eigenvalue weighted by Gasteiger charge is 2.08. The van der Waals surface area contributed by atoms with Crippen molar-refractivity contribution in [1.82, 2.24) is 9.97 Å². The van der Waals surface area contributed by atoms with Gasteiger partial charge in [0, 0.05) is 10.0 Å². The summed E-state index contributed by atoms with van der Waals surface area (Å²) in [7, 11) is 1.63. The third kappa shape index (κ3) is 1.97. The van der Waals surface area contributed by atoms with Crippen molar-refractivity contribution >= 4 is 21.9 Å². The first-order valence-corrected chi connectivity index (χ1v) is 5.14.